The van der Waals surface area contributed by atoms with Crippen LogP contribution < -0.4 is 10.1 Å². The lowest BCUT2D eigenvalue weighted by atomic mass is 10.1. The molecule has 0 amide bonds. The van der Waals surface area contributed by atoms with E-state index in [0.717, 1.165) is 27.6 Å². The molecule has 0 fully saturated rings. The van der Waals surface area contributed by atoms with Gasteiger partial charge in [0.2, 0.25) is 0 Å². The molecule has 0 aliphatic carbocycles. The lowest BCUT2D eigenvalue weighted by molar-refractivity contribution is 0.302. The molecule has 5 heteroatoms. The minimum atomic E-state index is 0.408. The van der Waals surface area contributed by atoms with Gasteiger partial charge in [-0.1, -0.05) is 41.3 Å². The van der Waals surface area contributed by atoms with Crippen molar-refractivity contribution in [3.8, 4) is 29.0 Å². The van der Waals surface area contributed by atoms with Gasteiger partial charge in [0.25, 0.3) is 0 Å². The van der Waals surface area contributed by atoms with Crippen LogP contribution in [0, 0.1) is 11.8 Å². The fourth-order valence-electron chi connectivity index (χ4n) is 3.49. The van der Waals surface area contributed by atoms with Crippen LogP contribution in [-0.2, 0) is 0 Å². The summed E-state index contributed by atoms with van der Waals surface area (Å²) < 4.78 is 11.3. The molecular weight excluding hydrogens is 400 g/mol. The zero-order valence-electron chi connectivity index (χ0n) is 17.2. The first-order chi connectivity index (χ1) is 15.7. The van der Waals surface area contributed by atoms with Gasteiger partial charge in [0.1, 0.15) is 22.4 Å². The van der Waals surface area contributed by atoms with Crippen molar-refractivity contribution in [3.05, 3.63) is 102 Å². The molecule has 0 atom stereocenters. The lowest BCUT2D eigenvalue weighted by Gasteiger charge is -2.05. The van der Waals surface area contributed by atoms with Crippen molar-refractivity contribution < 1.29 is 14.4 Å². The number of benzene rings is 3. The van der Waals surface area contributed by atoms with E-state index in [4.69, 9.17) is 9.15 Å². The molecular formula is C27H18N2O3. The molecule has 0 saturated heterocycles. The molecule has 1 N–H and O–H groups in total. The van der Waals surface area contributed by atoms with Gasteiger partial charge in [0, 0.05) is 34.2 Å². The number of fused-ring (bicyclic) bond motifs is 2. The molecule has 3 aromatic carbocycles. The summed E-state index contributed by atoms with van der Waals surface area (Å²) in [5, 5.41) is 16.2. The van der Waals surface area contributed by atoms with Gasteiger partial charge >= 0.3 is 0 Å². The highest BCUT2D eigenvalue weighted by Gasteiger charge is 2.09. The Morgan fingerprint density at radius 3 is 2.41 bits per heavy atom. The zero-order valence-corrected chi connectivity index (χ0v) is 17.2. The molecule has 32 heavy (non-hydrogen) atoms. The number of nitrogens with zero attached hydrogens (tertiary/aromatic N) is 2. The predicted molar refractivity (Wildman–Crippen MR) is 123 cm³/mol. The third-order valence-corrected chi connectivity index (χ3v) is 5.18. The van der Waals surface area contributed by atoms with Crippen LogP contribution in [0.4, 0.5) is 0 Å². The van der Waals surface area contributed by atoms with Gasteiger partial charge in [-0.05, 0) is 53.9 Å². The second kappa shape index (κ2) is 8.29. The molecule has 0 spiro atoms. The van der Waals surface area contributed by atoms with Crippen molar-refractivity contribution in [2.75, 3.05) is 7.11 Å². The minimum Gasteiger partial charge on any atom is -0.497 e. The first kappa shape index (κ1) is 19.4. The van der Waals surface area contributed by atoms with Crippen LogP contribution in [-0.4, -0.2) is 17.3 Å². The van der Waals surface area contributed by atoms with Crippen molar-refractivity contribution in [1.29, 1.82) is 0 Å². The largest absolute Gasteiger partial charge is 0.497 e. The van der Waals surface area contributed by atoms with Crippen LogP contribution in [0.2, 0.25) is 0 Å². The zero-order chi connectivity index (χ0) is 21.9. The Balaban J connectivity index is 1.58. The Hall–Kier alpha value is -4.56. The van der Waals surface area contributed by atoms with Gasteiger partial charge < -0.3 is 14.4 Å². The maximum atomic E-state index is 9.57. The Bertz CT molecular complexity index is 1570. The molecule has 5 rings (SSSR count). The fourth-order valence-corrected chi connectivity index (χ4v) is 3.49. The molecule has 2 heterocycles. The van der Waals surface area contributed by atoms with Gasteiger partial charge in [-0.3, -0.25) is 4.98 Å². The fraction of sp³-hybridized carbons (Fsp3) is 0.0370. The van der Waals surface area contributed by atoms with E-state index in [1.165, 1.54) is 0 Å². The van der Waals surface area contributed by atoms with Crippen LogP contribution >= 0.6 is 0 Å². The second-order valence-electron chi connectivity index (χ2n) is 7.20. The number of hydrogen-bond acceptors (Lipinski definition) is 5. The normalized spacial score (nSPS) is 11.3. The summed E-state index contributed by atoms with van der Waals surface area (Å²) in [6, 6.07) is 24.7. The van der Waals surface area contributed by atoms with E-state index in [1.54, 1.807) is 19.4 Å². The third-order valence-electron chi connectivity index (χ3n) is 5.18. The Morgan fingerprint density at radius 1 is 0.875 bits per heavy atom. The SMILES string of the molecule is COc1ccc(C#Cc2ccc3c(=NO)cc(-c4cc5ccccc5cn4)oc3c2)cc1. The summed E-state index contributed by atoms with van der Waals surface area (Å²) in [5.74, 6) is 7.59. The molecule has 5 aromatic rings. The van der Waals surface area contributed by atoms with E-state index < -0.39 is 0 Å². The minimum absolute atomic E-state index is 0.408. The molecule has 0 radical (unpaired) electrons. The van der Waals surface area contributed by atoms with E-state index in [0.29, 0.717) is 27.8 Å². The van der Waals surface area contributed by atoms with Gasteiger partial charge in [-0.2, -0.15) is 0 Å². The van der Waals surface area contributed by atoms with Crippen LogP contribution in [0.15, 0.2) is 94.6 Å². The van der Waals surface area contributed by atoms with Crippen molar-refractivity contribution in [2.24, 2.45) is 5.16 Å². The highest BCUT2D eigenvalue weighted by Crippen LogP contribution is 2.24. The van der Waals surface area contributed by atoms with Crippen LogP contribution in [0.3, 0.4) is 0 Å². The predicted octanol–water partition coefficient (Wildman–Crippen LogP) is 5.35. The summed E-state index contributed by atoms with van der Waals surface area (Å²) >= 11 is 0. The number of aromatic nitrogens is 1. The molecule has 0 aliphatic heterocycles. The lowest BCUT2D eigenvalue weighted by Crippen LogP contribution is -2.04. The first-order valence-electron chi connectivity index (χ1n) is 10.0. The average Bonchev–Trinajstić information content (AvgIpc) is 2.86. The monoisotopic (exact) mass is 418 g/mol. The van der Waals surface area contributed by atoms with E-state index in [2.05, 4.69) is 22.0 Å². The molecule has 154 valence electrons. The van der Waals surface area contributed by atoms with Crippen LogP contribution in [0.25, 0.3) is 33.2 Å². The number of rotatable bonds is 2. The molecule has 5 nitrogen and oxygen atoms in total. The van der Waals surface area contributed by atoms with E-state index >= 15 is 0 Å². The topological polar surface area (TPSA) is 67.8 Å². The van der Waals surface area contributed by atoms with E-state index in [9.17, 15) is 5.21 Å². The molecule has 2 aromatic heterocycles. The average molecular weight is 418 g/mol. The standard InChI is InChI=1S/C27H18N2O3/c1-31-22-11-8-18(9-12-22)6-7-19-10-13-23-24(29-30)16-27(32-26(23)14-19)25-15-20-4-2-3-5-21(20)17-28-25/h2-5,8-17,30H,1H3. The Kier molecular flexibility index (Phi) is 5.03. The maximum Gasteiger partial charge on any atom is 0.155 e. The van der Waals surface area contributed by atoms with Gasteiger partial charge in [-0.15, -0.1) is 0 Å². The third kappa shape index (κ3) is 3.78. The van der Waals surface area contributed by atoms with E-state index in [1.807, 2.05) is 72.8 Å². The smallest absolute Gasteiger partial charge is 0.155 e. The van der Waals surface area contributed by atoms with Crippen molar-refractivity contribution >= 4 is 21.7 Å². The summed E-state index contributed by atoms with van der Waals surface area (Å²) in [4.78, 5) is 4.52. The second-order valence-corrected chi connectivity index (χ2v) is 7.20. The summed E-state index contributed by atoms with van der Waals surface area (Å²) in [7, 11) is 1.63. The van der Waals surface area contributed by atoms with Gasteiger partial charge in [-0.25, -0.2) is 0 Å². The number of ether oxygens (including phenoxy) is 1. The molecule has 0 bridgehead atoms. The molecule has 0 saturated carbocycles. The summed E-state index contributed by atoms with van der Waals surface area (Å²) in [6.45, 7) is 0. The highest BCUT2D eigenvalue weighted by molar-refractivity contribution is 5.85. The van der Waals surface area contributed by atoms with Gasteiger partial charge in [0.05, 0.1) is 7.11 Å². The Labute approximate surface area is 184 Å². The quantitative estimate of drug-likeness (QED) is 0.239. The molecule has 0 aliphatic rings. The number of pyridine rings is 1. The van der Waals surface area contributed by atoms with Crippen molar-refractivity contribution in [2.45, 2.75) is 0 Å². The number of hydrogen-bond donors (Lipinski definition) is 1. The van der Waals surface area contributed by atoms with Crippen molar-refractivity contribution in [1.82, 2.24) is 4.98 Å². The van der Waals surface area contributed by atoms with Gasteiger partial charge in [0.15, 0.2) is 5.76 Å². The maximum absolute atomic E-state index is 9.57. The highest BCUT2D eigenvalue weighted by atomic mass is 16.5. The van der Waals surface area contributed by atoms with E-state index in [-0.39, 0.29) is 0 Å². The summed E-state index contributed by atoms with van der Waals surface area (Å²) in [5.41, 5.74) is 2.88. The number of methoxy groups -OCH3 is 1. The Morgan fingerprint density at radius 2 is 1.62 bits per heavy atom. The summed E-state index contributed by atoms with van der Waals surface area (Å²) in [6.07, 6.45) is 1.80. The van der Waals surface area contributed by atoms with Crippen LogP contribution in [0.1, 0.15) is 11.1 Å². The van der Waals surface area contributed by atoms with Crippen molar-refractivity contribution in [3.63, 3.8) is 0 Å². The first-order valence-corrected chi connectivity index (χ1v) is 10.0. The molecule has 0 unspecified atom stereocenters. The van der Waals surface area contributed by atoms with Crippen LogP contribution in [0.5, 0.6) is 5.75 Å².